The minimum Gasteiger partial charge on any atom is -0.0587 e. The van der Waals surface area contributed by atoms with Crippen LogP contribution in [0.5, 0.6) is 0 Å². The molecule has 0 amide bonds. The number of hydrogen-bond donors (Lipinski definition) is 0. The van der Waals surface area contributed by atoms with Crippen LogP contribution >= 0.6 is 0 Å². The minimum atomic E-state index is 0.0617. The summed E-state index contributed by atoms with van der Waals surface area (Å²) in [5.74, 6) is 1.35. The van der Waals surface area contributed by atoms with E-state index >= 15 is 0 Å². The lowest BCUT2D eigenvalue weighted by molar-refractivity contribution is 0.531. The molecule has 0 bridgehead atoms. The van der Waals surface area contributed by atoms with Crippen LogP contribution in [0.4, 0.5) is 0 Å². The van der Waals surface area contributed by atoms with Crippen LogP contribution in [0.15, 0.2) is 0 Å². The summed E-state index contributed by atoms with van der Waals surface area (Å²) in [6.45, 7) is 37.9. The van der Waals surface area contributed by atoms with Gasteiger partial charge in [0.25, 0.3) is 0 Å². The Balaban J connectivity index is 3.45. The van der Waals surface area contributed by atoms with Crippen molar-refractivity contribution in [2.24, 2.45) is 0 Å². The van der Waals surface area contributed by atoms with Crippen molar-refractivity contribution in [1.82, 2.24) is 0 Å². The standard InChI is InChI=1S/C33H51/c1-18(2)26-29(25-17-21(7)22(8)23(9)24(25)10)27(19(3)4)31(33(14,15)16)28(20(5)6)30(26)32(11,12)13/h18-20H,1-16H3. The molecule has 0 heterocycles. The molecule has 0 aliphatic carbocycles. The van der Waals surface area contributed by atoms with Crippen LogP contribution in [-0.2, 0) is 10.8 Å². The van der Waals surface area contributed by atoms with Gasteiger partial charge in [0.2, 0.25) is 0 Å². The van der Waals surface area contributed by atoms with E-state index in [2.05, 4.69) is 117 Å². The highest BCUT2D eigenvalue weighted by Gasteiger charge is 2.36. The van der Waals surface area contributed by atoms with Gasteiger partial charge in [-0.1, -0.05) is 83.1 Å². The summed E-state index contributed by atoms with van der Waals surface area (Å²) in [6, 6.07) is 3.90. The van der Waals surface area contributed by atoms with Crippen molar-refractivity contribution in [3.05, 3.63) is 56.1 Å². The zero-order chi connectivity index (χ0) is 25.8. The number of benzene rings is 2. The first-order valence-corrected chi connectivity index (χ1v) is 13.1. The molecule has 2 aromatic carbocycles. The first kappa shape index (κ1) is 27.7. The van der Waals surface area contributed by atoms with Crippen LogP contribution in [0.2, 0.25) is 0 Å². The average Bonchev–Trinajstić information content (AvgIpc) is 2.64. The van der Waals surface area contributed by atoms with E-state index in [4.69, 9.17) is 0 Å². The predicted octanol–water partition coefficient (Wildman–Crippen LogP) is 10.4. The van der Waals surface area contributed by atoms with Gasteiger partial charge in [0.1, 0.15) is 0 Å². The molecule has 0 aliphatic heterocycles. The smallest absolute Gasteiger partial charge is 0.00613 e. The third-order valence-corrected chi connectivity index (χ3v) is 7.47. The van der Waals surface area contributed by atoms with E-state index in [0.717, 1.165) is 0 Å². The number of aryl methyl sites for hydroxylation is 1. The zero-order valence-corrected chi connectivity index (χ0v) is 24.7. The van der Waals surface area contributed by atoms with E-state index in [1.54, 1.807) is 27.8 Å². The Morgan fingerprint density at radius 2 is 0.879 bits per heavy atom. The van der Waals surface area contributed by atoms with Gasteiger partial charge in [0.15, 0.2) is 0 Å². The molecular weight excluding hydrogens is 396 g/mol. The lowest BCUT2D eigenvalue weighted by Gasteiger charge is -2.40. The Morgan fingerprint density at radius 3 is 1.18 bits per heavy atom. The fourth-order valence-electron chi connectivity index (χ4n) is 5.80. The Morgan fingerprint density at radius 1 is 0.515 bits per heavy atom. The van der Waals surface area contributed by atoms with Gasteiger partial charge >= 0.3 is 0 Å². The van der Waals surface area contributed by atoms with Crippen molar-refractivity contribution in [1.29, 1.82) is 0 Å². The topological polar surface area (TPSA) is 0 Å². The normalized spacial score (nSPS) is 13.1. The van der Waals surface area contributed by atoms with Gasteiger partial charge in [-0.05, 0) is 124 Å². The first-order valence-electron chi connectivity index (χ1n) is 13.1. The molecule has 183 valence electrons. The first-order chi connectivity index (χ1) is 14.8. The Labute approximate surface area is 206 Å². The van der Waals surface area contributed by atoms with Crippen LogP contribution in [-0.4, -0.2) is 0 Å². The lowest BCUT2D eigenvalue weighted by Crippen LogP contribution is -2.28. The van der Waals surface area contributed by atoms with Crippen molar-refractivity contribution in [3.8, 4) is 11.1 Å². The maximum atomic E-state index is 3.90. The van der Waals surface area contributed by atoms with Gasteiger partial charge in [0, 0.05) is 0 Å². The molecular formula is C33H51. The quantitative estimate of drug-likeness (QED) is 0.437. The molecule has 0 N–H and O–H groups in total. The Bertz CT molecular complexity index is 981. The van der Waals surface area contributed by atoms with Crippen LogP contribution < -0.4 is 0 Å². The van der Waals surface area contributed by atoms with E-state index in [1.807, 2.05) is 0 Å². The van der Waals surface area contributed by atoms with Gasteiger partial charge in [-0.2, -0.15) is 0 Å². The summed E-state index contributed by atoms with van der Waals surface area (Å²) in [7, 11) is 0. The second-order valence-electron chi connectivity index (χ2n) is 13.3. The minimum absolute atomic E-state index is 0.0617. The highest BCUT2D eigenvalue weighted by Crippen LogP contribution is 2.51. The van der Waals surface area contributed by atoms with Crippen molar-refractivity contribution >= 4 is 0 Å². The third-order valence-electron chi connectivity index (χ3n) is 7.47. The van der Waals surface area contributed by atoms with E-state index < -0.39 is 0 Å². The van der Waals surface area contributed by atoms with Crippen LogP contribution in [0, 0.1) is 33.8 Å². The van der Waals surface area contributed by atoms with E-state index in [0.29, 0.717) is 17.8 Å². The van der Waals surface area contributed by atoms with Gasteiger partial charge in [-0.15, -0.1) is 0 Å². The largest absolute Gasteiger partial charge is 0.0587 e. The maximum absolute atomic E-state index is 3.90. The van der Waals surface area contributed by atoms with Crippen molar-refractivity contribution < 1.29 is 0 Å². The second-order valence-corrected chi connectivity index (χ2v) is 13.3. The van der Waals surface area contributed by atoms with Crippen LogP contribution in [0.25, 0.3) is 11.1 Å². The molecule has 0 aromatic heterocycles. The maximum Gasteiger partial charge on any atom is -0.00613 e. The summed E-state index contributed by atoms with van der Waals surface area (Å²) in [5, 5.41) is 0. The molecule has 2 aromatic rings. The molecule has 33 heavy (non-hydrogen) atoms. The molecule has 0 unspecified atom stereocenters. The molecule has 0 nitrogen and oxygen atoms in total. The SMILES string of the molecule is Cc1[c]c(-c2c(C(C)C)c(C(C)(C)C)c(C(C)C)c(C(C)(C)C)c2C(C)C)c(C)c(C)c1C. The highest BCUT2D eigenvalue weighted by molar-refractivity contribution is 5.81. The predicted molar refractivity (Wildman–Crippen MR) is 149 cm³/mol. The molecule has 2 rings (SSSR count). The summed E-state index contributed by atoms with van der Waals surface area (Å²) in [6.07, 6.45) is 0. The van der Waals surface area contributed by atoms with Gasteiger partial charge in [0.05, 0.1) is 0 Å². The second kappa shape index (κ2) is 9.24. The van der Waals surface area contributed by atoms with E-state index in [9.17, 15) is 0 Å². The summed E-state index contributed by atoms with van der Waals surface area (Å²) >= 11 is 0. The molecule has 0 saturated carbocycles. The summed E-state index contributed by atoms with van der Waals surface area (Å²) < 4.78 is 0. The van der Waals surface area contributed by atoms with Crippen molar-refractivity contribution in [2.75, 3.05) is 0 Å². The number of hydrogen-bond acceptors (Lipinski definition) is 0. The van der Waals surface area contributed by atoms with Gasteiger partial charge in [-0.25, -0.2) is 0 Å². The fraction of sp³-hybridized carbons (Fsp3) is 0.636. The average molecular weight is 448 g/mol. The third kappa shape index (κ3) is 4.96. The van der Waals surface area contributed by atoms with Crippen molar-refractivity contribution in [3.63, 3.8) is 0 Å². The van der Waals surface area contributed by atoms with Gasteiger partial charge in [-0.3, -0.25) is 0 Å². The molecule has 0 aliphatic rings. The van der Waals surface area contributed by atoms with Crippen molar-refractivity contribution in [2.45, 2.75) is 139 Å². The summed E-state index contributed by atoms with van der Waals surface area (Å²) in [4.78, 5) is 0. The van der Waals surface area contributed by atoms with E-state index in [1.165, 1.54) is 33.4 Å². The molecule has 0 atom stereocenters. The fourth-order valence-corrected chi connectivity index (χ4v) is 5.80. The molecule has 0 heteroatoms. The molecule has 0 fully saturated rings. The highest BCUT2D eigenvalue weighted by atomic mass is 14.4. The van der Waals surface area contributed by atoms with E-state index in [-0.39, 0.29) is 10.8 Å². The van der Waals surface area contributed by atoms with Gasteiger partial charge < -0.3 is 0 Å². The summed E-state index contributed by atoms with van der Waals surface area (Å²) in [5.41, 5.74) is 16.2. The zero-order valence-electron chi connectivity index (χ0n) is 24.7. The molecule has 1 radical (unpaired) electrons. The van der Waals surface area contributed by atoms with Crippen LogP contribution in [0.1, 0.15) is 151 Å². The Hall–Kier alpha value is -1.56. The molecule has 0 saturated heterocycles. The molecule has 0 spiro atoms. The Kier molecular flexibility index (Phi) is 7.75. The lowest BCUT2D eigenvalue weighted by atomic mass is 9.64. The monoisotopic (exact) mass is 447 g/mol. The van der Waals surface area contributed by atoms with Crippen LogP contribution in [0.3, 0.4) is 0 Å². The number of rotatable bonds is 4.